The third kappa shape index (κ3) is 5.95. The van der Waals surface area contributed by atoms with Crippen LogP contribution in [-0.4, -0.2) is 62.2 Å². The van der Waals surface area contributed by atoms with Crippen molar-refractivity contribution in [3.8, 4) is 0 Å². The highest BCUT2D eigenvalue weighted by Crippen LogP contribution is 2.30. The van der Waals surface area contributed by atoms with Gasteiger partial charge in [-0.1, -0.05) is 36.4 Å². The van der Waals surface area contributed by atoms with Crippen LogP contribution < -0.4 is 21.5 Å². The van der Waals surface area contributed by atoms with Crippen LogP contribution in [0.15, 0.2) is 94.5 Å². The van der Waals surface area contributed by atoms with Crippen LogP contribution in [0.1, 0.15) is 12.8 Å². The van der Waals surface area contributed by atoms with Gasteiger partial charge in [0.05, 0.1) is 10.8 Å². The van der Waals surface area contributed by atoms with Crippen molar-refractivity contribution in [2.75, 3.05) is 63.0 Å². The normalized spacial score (nSPS) is 14.5. The SMILES string of the molecule is O=c1c2ccccc2sc2cccc(NCCCN3CCN(CCCNc4cccc5sc6ccccc6c(=O)c45)CC3)c12. The largest absolute Gasteiger partial charge is 0.384 e. The molecule has 1 aliphatic rings. The van der Waals surface area contributed by atoms with E-state index < -0.39 is 0 Å². The lowest BCUT2D eigenvalue weighted by molar-refractivity contribution is 0.132. The fraction of sp³-hybridized carbons (Fsp3) is 0.278. The quantitative estimate of drug-likeness (QED) is 0.126. The average molecular weight is 621 g/mol. The first kappa shape index (κ1) is 28.9. The van der Waals surface area contributed by atoms with Gasteiger partial charge in [0.25, 0.3) is 0 Å². The molecule has 1 fully saturated rings. The number of hydrogen-bond acceptors (Lipinski definition) is 8. The molecular formula is C36H36N4O2S2. The summed E-state index contributed by atoms with van der Waals surface area (Å²) >= 11 is 3.36. The molecule has 8 heteroatoms. The summed E-state index contributed by atoms with van der Waals surface area (Å²) in [5, 5.41) is 10.3. The first-order valence-corrected chi connectivity index (χ1v) is 17.1. The Hall–Kier alpha value is -3.82. The predicted octanol–water partition coefficient (Wildman–Crippen LogP) is 7.06. The van der Waals surface area contributed by atoms with E-state index in [0.29, 0.717) is 0 Å². The number of fused-ring (bicyclic) bond motifs is 4. The molecule has 3 heterocycles. The number of nitrogens with one attached hydrogen (secondary N) is 2. The summed E-state index contributed by atoms with van der Waals surface area (Å²) in [5.74, 6) is 0. The van der Waals surface area contributed by atoms with Crippen molar-refractivity contribution in [2.45, 2.75) is 12.8 Å². The van der Waals surface area contributed by atoms with Gasteiger partial charge in [0, 0.05) is 80.2 Å². The zero-order valence-corrected chi connectivity index (χ0v) is 26.3. The minimum atomic E-state index is 0.116. The highest BCUT2D eigenvalue weighted by atomic mass is 32.1. The molecule has 2 N–H and O–H groups in total. The summed E-state index contributed by atoms with van der Waals surface area (Å²) in [5.41, 5.74) is 2.11. The number of hydrogen-bond donors (Lipinski definition) is 2. The molecule has 0 bridgehead atoms. The van der Waals surface area contributed by atoms with Gasteiger partial charge in [-0.25, -0.2) is 0 Å². The molecule has 0 spiro atoms. The molecule has 0 unspecified atom stereocenters. The topological polar surface area (TPSA) is 64.7 Å². The number of piperazine rings is 1. The molecule has 2 aromatic heterocycles. The van der Waals surface area contributed by atoms with Gasteiger partial charge >= 0.3 is 0 Å². The second-order valence-corrected chi connectivity index (χ2v) is 13.6. The Kier molecular flexibility index (Phi) is 8.57. The van der Waals surface area contributed by atoms with Crippen LogP contribution in [0.25, 0.3) is 40.3 Å². The third-order valence-corrected chi connectivity index (χ3v) is 10.9. The Morgan fingerprint density at radius 2 is 0.932 bits per heavy atom. The Bertz CT molecular complexity index is 1920. The van der Waals surface area contributed by atoms with E-state index in [9.17, 15) is 9.59 Å². The monoisotopic (exact) mass is 620 g/mol. The second-order valence-electron chi connectivity index (χ2n) is 11.5. The maximum Gasteiger partial charge on any atom is 0.197 e. The Balaban J connectivity index is 0.863. The van der Waals surface area contributed by atoms with E-state index in [1.807, 2.05) is 84.9 Å². The van der Waals surface area contributed by atoms with Crippen molar-refractivity contribution in [1.29, 1.82) is 0 Å². The van der Waals surface area contributed by atoms with E-state index in [1.165, 1.54) is 0 Å². The van der Waals surface area contributed by atoms with E-state index in [0.717, 1.165) is 117 Å². The molecule has 44 heavy (non-hydrogen) atoms. The molecule has 6 nitrogen and oxygen atoms in total. The molecule has 0 radical (unpaired) electrons. The van der Waals surface area contributed by atoms with Gasteiger partial charge in [-0.15, -0.1) is 22.7 Å². The van der Waals surface area contributed by atoms with Crippen molar-refractivity contribution < 1.29 is 0 Å². The Morgan fingerprint density at radius 3 is 1.39 bits per heavy atom. The van der Waals surface area contributed by atoms with Crippen LogP contribution in [0.2, 0.25) is 0 Å². The molecule has 4 aromatic carbocycles. The zero-order valence-electron chi connectivity index (χ0n) is 24.7. The average Bonchev–Trinajstić information content (AvgIpc) is 3.06. The first-order chi connectivity index (χ1) is 21.7. The maximum atomic E-state index is 13.2. The van der Waals surface area contributed by atoms with Crippen molar-refractivity contribution in [1.82, 2.24) is 9.80 Å². The lowest BCUT2D eigenvalue weighted by atomic mass is 10.1. The summed E-state index contributed by atoms with van der Waals surface area (Å²) < 4.78 is 4.14. The maximum absolute atomic E-state index is 13.2. The summed E-state index contributed by atoms with van der Waals surface area (Å²) in [7, 11) is 0. The van der Waals surface area contributed by atoms with E-state index in [2.05, 4.69) is 20.4 Å². The van der Waals surface area contributed by atoms with Crippen molar-refractivity contribution in [3.05, 3.63) is 105 Å². The van der Waals surface area contributed by atoms with E-state index in [4.69, 9.17) is 0 Å². The number of benzene rings is 4. The lowest BCUT2D eigenvalue weighted by Crippen LogP contribution is -2.47. The van der Waals surface area contributed by atoms with Gasteiger partial charge in [-0.3, -0.25) is 9.59 Å². The van der Waals surface area contributed by atoms with Crippen molar-refractivity contribution in [3.63, 3.8) is 0 Å². The summed E-state index contributed by atoms with van der Waals surface area (Å²) in [6.45, 7) is 8.12. The van der Waals surface area contributed by atoms with E-state index in [-0.39, 0.29) is 10.9 Å². The number of nitrogens with zero attached hydrogens (tertiary/aromatic N) is 2. The Labute approximate surface area is 264 Å². The minimum Gasteiger partial charge on any atom is -0.384 e. The van der Waals surface area contributed by atoms with Crippen LogP contribution in [-0.2, 0) is 0 Å². The van der Waals surface area contributed by atoms with E-state index in [1.54, 1.807) is 22.7 Å². The van der Waals surface area contributed by atoms with Crippen molar-refractivity contribution >= 4 is 74.4 Å². The van der Waals surface area contributed by atoms with Crippen molar-refractivity contribution in [2.24, 2.45) is 0 Å². The van der Waals surface area contributed by atoms with Gasteiger partial charge in [0.15, 0.2) is 10.9 Å². The van der Waals surface area contributed by atoms with Gasteiger partial charge < -0.3 is 20.4 Å². The van der Waals surface area contributed by atoms with Crippen LogP contribution in [0.3, 0.4) is 0 Å². The smallest absolute Gasteiger partial charge is 0.197 e. The third-order valence-electron chi connectivity index (χ3n) is 8.61. The molecule has 1 saturated heterocycles. The second kappa shape index (κ2) is 13.0. The van der Waals surface area contributed by atoms with Crippen LogP contribution >= 0.6 is 22.7 Å². The molecule has 6 aromatic rings. The molecule has 224 valence electrons. The highest BCUT2D eigenvalue weighted by Gasteiger charge is 2.17. The lowest BCUT2D eigenvalue weighted by Gasteiger charge is -2.34. The molecule has 1 aliphatic heterocycles. The van der Waals surface area contributed by atoms with Gasteiger partial charge in [0.2, 0.25) is 0 Å². The van der Waals surface area contributed by atoms with Gasteiger partial charge in [0.1, 0.15) is 0 Å². The fourth-order valence-corrected chi connectivity index (χ4v) is 8.49. The molecule has 7 rings (SSSR count). The first-order valence-electron chi connectivity index (χ1n) is 15.5. The fourth-order valence-electron chi connectivity index (χ4n) is 6.28. The predicted molar refractivity (Wildman–Crippen MR) is 190 cm³/mol. The summed E-state index contributed by atoms with van der Waals surface area (Å²) in [4.78, 5) is 31.6. The zero-order chi connectivity index (χ0) is 29.9. The Morgan fingerprint density at radius 1 is 0.523 bits per heavy atom. The molecular weight excluding hydrogens is 585 g/mol. The number of anilines is 2. The highest BCUT2D eigenvalue weighted by molar-refractivity contribution is 7.25. The molecule has 0 aliphatic carbocycles. The van der Waals surface area contributed by atoms with Crippen LogP contribution in [0, 0.1) is 0 Å². The van der Waals surface area contributed by atoms with E-state index >= 15 is 0 Å². The number of rotatable bonds is 10. The molecule has 0 amide bonds. The standard InChI is InChI=1S/C36H36N4O2S2/c41-35-25-9-1-3-13-29(25)43-31-15-5-11-27(33(31)35)37-17-7-19-39-21-23-40(24-22-39)20-8-18-38-28-12-6-16-32-34(28)36(42)26-10-2-4-14-30(26)44-32/h1-6,9-16,37-38H,7-8,17-24H2. The van der Waals surface area contributed by atoms with Gasteiger partial charge in [-0.2, -0.15) is 0 Å². The molecule has 0 saturated carbocycles. The summed E-state index contributed by atoms with van der Waals surface area (Å²) in [6.07, 6.45) is 2.07. The minimum absolute atomic E-state index is 0.116. The van der Waals surface area contributed by atoms with Crippen LogP contribution in [0.4, 0.5) is 11.4 Å². The summed E-state index contributed by atoms with van der Waals surface area (Å²) in [6, 6.07) is 28.0. The van der Waals surface area contributed by atoms with Crippen LogP contribution in [0.5, 0.6) is 0 Å². The molecule has 0 atom stereocenters. The van der Waals surface area contributed by atoms with Gasteiger partial charge in [-0.05, 0) is 74.5 Å².